The number of carbonyl (C=O) groups is 3. The van der Waals surface area contributed by atoms with Crippen molar-refractivity contribution < 1.29 is 28.6 Å². The van der Waals surface area contributed by atoms with E-state index in [2.05, 4.69) is 0 Å². The highest BCUT2D eigenvalue weighted by atomic mass is 35.5. The molecule has 0 saturated carbocycles. The van der Waals surface area contributed by atoms with Crippen molar-refractivity contribution in [3.05, 3.63) is 53.6 Å². The van der Waals surface area contributed by atoms with Gasteiger partial charge in [0.15, 0.2) is 11.5 Å². The monoisotopic (exact) mass is 483 g/mol. The molecule has 0 fully saturated rings. The first-order chi connectivity index (χ1) is 14.6. The second-order valence-corrected chi connectivity index (χ2v) is 8.00. The summed E-state index contributed by atoms with van der Waals surface area (Å²) in [6.45, 7) is 7.02. The molecule has 2 aromatic carbocycles. The highest BCUT2D eigenvalue weighted by Gasteiger charge is 2.19. The average molecular weight is 484 g/mol. The van der Waals surface area contributed by atoms with Crippen molar-refractivity contribution in [1.82, 2.24) is 0 Å². The predicted molar refractivity (Wildman–Crippen MR) is 124 cm³/mol. The maximum atomic E-state index is 12.6. The number of carbonyl (C=O) groups excluding carboxylic acids is 3. The van der Waals surface area contributed by atoms with Crippen LogP contribution in [0.5, 0.6) is 17.2 Å². The van der Waals surface area contributed by atoms with Crippen molar-refractivity contribution in [3.63, 3.8) is 0 Å². The van der Waals surface area contributed by atoms with Gasteiger partial charge in [0, 0.05) is 6.54 Å². The van der Waals surface area contributed by atoms with E-state index in [0.717, 1.165) is 0 Å². The third kappa shape index (κ3) is 7.51. The minimum atomic E-state index is -0.669. The zero-order chi connectivity index (χ0) is 23.1. The SMILES string of the molecule is CC(C)C(=O)Oc1ccc(C(=O)Oc2ccc(C(Cl)CN)cc2OC(=O)C(C)C)cc1.Cl. The number of nitrogens with two attached hydrogens (primary N) is 1. The molecule has 2 rings (SSSR count). The molecule has 0 aliphatic carbocycles. The van der Waals surface area contributed by atoms with Crippen LogP contribution in [0.25, 0.3) is 0 Å². The molecule has 0 aromatic heterocycles. The molecular weight excluding hydrogens is 457 g/mol. The van der Waals surface area contributed by atoms with Crippen LogP contribution in [0.2, 0.25) is 0 Å². The lowest BCUT2D eigenvalue weighted by Gasteiger charge is -2.15. The lowest BCUT2D eigenvalue weighted by molar-refractivity contribution is -0.138. The van der Waals surface area contributed by atoms with Crippen LogP contribution in [0.3, 0.4) is 0 Å². The number of hydrogen-bond acceptors (Lipinski definition) is 7. The molecule has 0 heterocycles. The fraction of sp³-hybridized carbons (Fsp3) is 0.348. The van der Waals surface area contributed by atoms with E-state index in [-0.39, 0.29) is 53.8 Å². The molecule has 0 spiro atoms. The first-order valence-corrected chi connectivity index (χ1v) is 10.3. The van der Waals surface area contributed by atoms with E-state index in [1.54, 1.807) is 33.8 Å². The normalized spacial score (nSPS) is 11.5. The van der Waals surface area contributed by atoms with Gasteiger partial charge in [0.1, 0.15) is 5.75 Å². The highest BCUT2D eigenvalue weighted by molar-refractivity contribution is 6.21. The third-order valence-corrected chi connectivity index (χ3v) is 4.63. The largest absolute Gasteiger partial charge is 0.426 e. The summed E-state index contributed by atoms with van der Waals surface area (Å²) in [6, 6.07) is 10.6. The molecule has 0 bridgehead atoms. The Morgan fingerprint density at radius 3 is 1.94 bits per heavy atom. The molecule has 0 amide bonds. The molecule has 1 unspecified atom stereocenters. The van der Waals surface area contributed by atoms with E-state index in [1.807, 2.05) is 0 Å². The second kappa shape index (κ2) is 12.4. The van der Waals surface area contributed by atoms with Crippen molar-refractivity contribution >= 4 is 41.9 Å². The average Bonchev–Trinajstić information content (AvgIpc) is 2.74. The lowest BCUT2D eigenvalue weighted by atomic mass is 10.1. The standard InChI is InChI=1S/C23H26ClNO6.ClH/c1-13(2)21(26)29-17-8-5-15(6-9-17)23(28)30-19-10-7-16(18(24)12-25)11-20(19)31-22(27)14(3)4;/h5-11,13-14,18H,12,25H2,1-4H3;1H. The third-order valence-electron chi connectivity index (χ3n) is 4.20. The van der Waals surface area contributed by atoms with E-state index in [9.17, 15) is 14.4 Å². The summed E-state index contributed by atoms with van der Waals surface area (Å²) in [5.41, 5.74) is 6.46. The van der Waals surface area contributed by atoms with Crippen LogP contribution >= 0.6 is 24.0 Å². The summed E-state index contributed by atoms with van der Waals surface area (Å²) in [7, 11) is 0. The number of ether oxygens (including phenoxy) is 3. The van der Waals surface area contributed by atoms with Crippen molar-refractivity contribution in [1.29, 1.82) is 0 Å². The molecule has 1 atom stereocenters. The van der Waals surface area contributed by atoms with Crippen molar-refractivity contribution in [3.8, 4) is 17.2 Å². The van der Waals surface area contributed by atoms with Crippen LogP contribution in [0.1, 0.15) is 49.0 Å². The van der Waals surface area contributed by atoms with Crippen LogP contribution < -0.4 is 19.9 Å². The van der Waals surface area contributed by atoms with Gasteiger partial charge >= 0.3 is 17.9 Å². The number of alkyl halides is 1. The Morgan fingerprint density at radius 1 is 0.844 bits per heavy atom. The molecule has 0 aliphatic heterocycles. The number of halogens is 2. The van der Waals surface area contributed by atoms with Crippen LogP contribution in [0, 0.1) is 11.8 Å². The molecule has 7 nitrogen and oxygen atoms in total. The molecule has 2 aromatic rings. The predicted octanol–water partition coefficient (Wildman–Crippen LogP) is 4.69. The fourth-order valence-electron chi connectivity index (χ4n) is 2.30. The Hall–Kier alpha value is -2.61. The Labute approximate surface area is 198 Å². The van der Waals surface area contributed by atoms with Gasteiger partial charge in [-0.15, -0.1) is 24.0 Å². The van der Waals surface area contributed by atoms with E-state index in [0.29, 0.717) is 11.3 Å². The smallest absolute Gasteiger partial charge is 0.343 e. The summed E-state index contributed by atoms with van der Waals surface area (Å²) in [5.74, 6) is -1.71. The minimum absolute atomic E-state index is 0. The maximum Gasteiger partial charge on any atom is 0.343 e. The molecule has 0 saturated heterocycles. The van der Waals surface area contributed by atoms with Crippen LogP contribution in [0.4, 0.5) is 0 Å². The van der Waals surface area contributed by atoms with Gasteiger partial charge in [-0.1, -0.05) is 33.8 Å². The molecule has 174 valence electrons. The van der Waals surface area contributed by atoms with Gasteiger partial charge in [-0.2, -0.15) is 0 Å². The summed E-state index contributed by atoms with van der Waals surface area (Å²) >= 11 is 6.18. The van der Waals surface area contributed by atoms with Gasteiger partial charge in [-0.05, 0) is 42.0 Å². The summed E-state index contributed by atoms with van der Waals surface area (Å²) in [6.07, 6.45) is 0. The minimum Gasteiger partial charge on any atom is -0.426 e. The maximum absolute atomic E-state index is 12.6. The first-order valence-electron chi connectivity index (χ1n) is 9.86. The van der Waals surface area contributed by atoms with E-state index < -0.39 is 17.3 Å². The zero-order valence-corrected chi connectivity index (χ0v) is 19.9. The topological polar surface area (TPSA) is 105 Å². The Kier molecular flexibility index (Phi) is 10.7. The van der Waals surface area contributed by atoms with Crippen LogP contribution in [-0.4, -0.2) is 24.5 Å². The van der Waals surface area contributed by atoms with Gasteiger partial charge in [0.05, 0.1) is 22.8 Å². The molecular formula is C23H27Cl2NO6. The number of hydrogen-bond donors (Lipinski definition) is 1. The quantitative estimate of drug-likeness (QED) is 0.329. The van der Waals surface area contributed by atoms with Gasteiger partial charge in [0.25, 0.3) is 0 Å². The number of rotatable bonds is 8. The van der Waals surface area contributed by atoms with Crippen molar-refractivity contribution in [2.45, 2.75) is 33.1 Å². The number of benzene rings is 2. The Morgan fingerprint density at radius 2 is 1.41 bits per heavy atom. The molecule has 32 heavy (non-hydrogen) atoms. The van der Waals surface area contributed by atoms with Crippen molar-refractivity contribution in [2.75, 3.05) is 6.54 Å². The van der Waals surface area contributed by atoms with Crippen LogP contribution in [-0.2, 0) is 9.59 Å². The van der Waals surface area contributed by atoms with Gasteiger partial charge in [-0.25, -0.2) is 4.79 Å². The van der Waals surface area contributed by atoms with Gasteiger partial charge in [-0.3, -0.25) is 9.59 Å². The molecule has 0 radical (unpaired) electrons. The Bertz CT molecular complexity index is 944. The second-order valence-electron chi connectivity index (χ2n) is 7.47. The van der Waals surface area contributed by atoms with E-state index in [4.69, 9.17) is 31.5 Å². The molecule has 9 heteroatoms. The number of esters is 3. The Balaban J connectivity index is 0.00000512. The van der Waals surface area contributed by atoms with Crippen LogP contribution in [0.15, 0.2) is 42.5 Å². The van der Waals surface area contributed by atoms with E-state index >= 15 is 0 Å². The fourth-order valence-corrected chi connectivity index (χ4v) is 2.43. The summed E-state index contributed by atoms with van der Waals surface area (Å²) in [4.78, 5) is 36.3. The molecule has 0 aliphatic rings. The van der Waals surface area contributed by atoms with Gasteiger partial charge < -0.3 is 19.9 Å². The zero-order valence-electron chi connectivity index (χ0n) is 18.3. The van der Waals surface area contributed by atoms with Gasteiger partial charge in [0.2, 0.25) is 0 Å². The van der Waals surface area contributed by atoms with E-state index in [1.165, 1.54) is 36.4 Å². The lowest BCUT2D eigenvalue weighted by Crippen LogP contribution is -2.17. The highest BCUT2D eigenvalue weighted by Crippen LogP contribution is 2.33. The summed E-state index contributed by atoms with van der Waals surface area (Å²) in [5, 5.41) is -0.484. The van der Waals surface area contributed by atoms with Crippen molar-refractivity contribution in [2.24, 2.45) is 17.6 Å². The summed E-state index contributed by atoms with van der Waals surface area (Å²) < 4.78 is 16.0. The molecule has 2 N–H and O–H groups in total. The first kappa shape index (κ1) is 27.4.